The van der Waals surface area contributed by atoms with Crippen LogP contribution in [-0.2, 0) is 6.42 Å². The third-order valence-corrected chi connectivity index (χ3v) is 5.80. The molecule has 0 radical (unpaired) electrons. The predicted molar refractivity (Wildman–Crippen MR) is 136 cm³/mol. The van der Waals surface area contributed by atoms with E-state index in [1.807, 2.05) is 12.1 Å². The van der Waals surface area contributed by atoms with E-state index >= 15 is 0 Å². The maximum absolute atomic E-state index is 14.5. The molecule has 0 atom stereocenters. The van der Waals surface area contributed by atoms with Gasteiger partial charge in [-0.15, -0.1) is 0 Å². The average molecular weight is 479 g/mol. The average Bonchev–Trinajstić information content (AvgIpc) is 2.87. The highest BCUT2D eigenvalue weighted by Gasteiger charge is 2.16. The first-order valence-corrected chi connectivity index (χ1v) is 12.7. The first kappa shape index (κ1) is 26.3. The van der Waals surface area contributed by atoms with Crippen LogP contribution < -0.4 is 9.47 Å². The second-order valence-electron chi connectivity index (χ2n) is 8.69. The van der Waals surface area contributed by atoms with Crippen molar-refractivity contribution in [2.75, 3.05) is 6.61 Å². The minimum atomic E-state index is -0.804. The van der Waals surface area contributed by atoms with Crippen LogP contribution in [0, 0.1) is 5.82 Å². The van der Waals surface area contributed by atoms with Gasteiger partial charge in [0.15, 0.2) is 11.6 Å². The molecule has 0 bridgehead atoms. The molecule has 0 aliphatic carbocycles. The molecule has 0 amide bonds. The van der Waals surface area contributed by atoms with E-state index in [1.54, 1.807) is 6.07 Å². The molecule has 1 aromatic heterocycles. The number of halogens is 1. The maximum Gasteiger partial charge on any atom is 0.346 e. The van der Waals surface area contributed by atoms with Gasteiger partial charge in [0.1, 0.15) is 11.6 Å². The van der Waals surface area contributed by atoms with Crippen LogP contribution in [0.15, 0.2) is 54.9 Å². The second kappa shape index (κ2) is 14.2. The molecule has 35 heavy (non-hydrogen) atoms. The Morgan fingerprint density at radius 1 is 0.829 bits per heavy atom. The number of unbranched alkanes of at least 4 members (excludes halogenated alkanes) is 6. The van der Waals surface area contributed by atoms with E-state index < -0.39 is 11.8 Å². The number of carbonyl (C=O) groups excluding carboxylic acids is 1. The molecule has 0 saturated carbocycles. The van der Waals surface area contributed by atoms with Crippen LogP contribution in [0.5, 0.6) is 11.5 Å². The smallest absolute Gasteiger partial charge is 0.346 e. The van der Waals surface area contributed by atoms with Crippen molar-refractivity contribution in [1.82, 2.24) is 9.97 Å². The Kier molecular flexibility index (Phi) is 10.7. The Morgan fingerprint density at radius 3 is 2.20 bits per heavy atom. The lowest BCUT2D eigenvalue weighted by atomic mass is 10.1. The highest BCUT2D eigenvalue weighted by molar-refractivity contribution is 5.91. The van der Waals surface area contributed by atoms with E-state index in [0.29, 0.717) is 18.2 Å². The molecule has 2 aromatic carbocycles. The lowest BCUT2D eigenvalue weighted by Crippen LogP contribution is -2.11. The Balaban J connectivity index is 1.52. The number of esters is 1. The van der Waals surface area contributed by atoms with E-state index in [1.165, 1.54) is 68.6 Å². The molecular formula is C29H35FN2O3. The van der Waals surface area contributed by atoms with Gasteiger partial charge in [-0.3, -0.25) is 0 Å². The van der Waals surface area contributed by atoms with Crippen molar-refractivity contribution >= 4 is 5.97 Å². The van der Waals surface area contributed by atoms with Crippen molar-refractivity contribution in [3.8, 4) is 22.9 Å². The molecular weight excluding hydrogens is 443 g/mol. The Hall–Kier alpha value is -3.28. The summed E-state index contributed by atoms with van der Waals surface area (Å²) in [7, 11) is 0. The monoisotopic (exact) mass is 478 g/mol. The summed E-state index contributed by atoms with van der Waals surface area (Å²) in [6.45, 7) is 4.89. The van der Waals surface area contributed by atoms with E-state index in [0.717, 1.165) is 24.8 Å². The third-order valence-electron chi connectivity index (χ3n) is 5.80. The summed E-state index contributed by atoms with van der Waals surface area (Å²) in [5.41, 5.74) is 2.01. The van der Waals surface area contributed by atoms with Gasteiger partial charge in [-0.1, -0.05) is 76.6 Å². The number of hydrogen-bond acceptors (Lipinski definition) is 5. The lowest BCUT2D eigenvalue weighted by molar-refractivity contribution is 0.0728. The topological polar surface area (TPSA) is 61.3 Å². The number of rotatable bonds is 14. The van der Waals surface area contributed by atoms with E-state index in [-0.39, 0.29) is 11.3 Å². The summed E-state index contributed by atoms with van der Waals surface area (Å²) in [4.78, 5) is 21.0. The van der Waals surface area contributed by atoms with Gasteiger partial charge in [-0.25, -0.2) is 19.2 Å². The normalized spacial score (nSPS) is 10.8. The Labute approximate surface area is 207 Å². The van der Waals surface area contributed by atoms with Gasteiger partial charge < -0.3 is 9.47 Å². The first-order chi connectivity index (χ1) is 17.1. The molecule has 0 spiro atoms. The molecule has 0 saturated heterocycles. The summed E-state index contributed by atoms with van der Waals surface area (Å²) in [6, 6.07) is 12.3. The number of benzene rings is 2. The molecule has 186 valence electrons. The number of nitrogens with zero attached hydrogens (tertiary/aromatic N) is 2. The van der Waals surface area contributed by atoms with Gasteiger partial charge in [-0.05, 0) is 37.0 Å². The molecule has 3 rings (SSSR count). The molecule has 0 aliphatic heterocycles. The van der Waals surface area contributed by atoms with E-state index in [9.17, 15) is 9.18 Å². The second-order valence-corrected chi connectivity index (χ2v) is 8.69. The van der Waals surface area contributed by atoms with Gasteiger partial charge in [0, 0.05) is 11.6 Å². The fourth-order valence-electron chi connectivity index (χ4n) is 3.73. The third kappa shape index (κ3) is 8.46. The summed E-state index contributed by atoms with van der Waals surface area (Å²) in [5.74, 6) is -0.399. The summed E-state index contributed by atoms with van der Waals surface area (Å²) < 4.78 is 25.4. The zero-order valence-corrected chi connectivity index (χ0v) is 20.8. The van der Waals surface area contributed by atoms with Crippen molar-refractivity contribution in [2.45, 2.75) is 71.6 Å². The summed E-state index contributed by atoms with van der Waals surface area (Å²) >= 11 is 0. The van der Waals surface area contributed by atoms with E-state index in [2.05, 4.69) is 35.9 Å². The summed E-state index contributed by atoms with van der Waals surface area (Å²) in [5, 5.41) is 0. The standard InChI is InChI=1S/C29H35FN2O3/c1-3-5-7-8-10-18-34-24-16-17-26(27(30)19-24)29(33)35-25-20-31-28(32-21-25)23-14-12-22(13-15-23)11-9-6-4-2/h12-17,19-21H,3-11,18H2,1-2H3. The molecule has 3 aromatic rings. The minimum Gasteiger partial charge on any atom is -0.493 e. The minimum absolute atomic E-state index is 0.154. The number of aromatic nitrogens is 2. The molecule has 1 heterocycles. The molecule has 0 aliphatic rings. The largest absolute Gasteiger partial charge is 0.493 e. The van der Waals surface area contributed by atoms with Crippen molar-refractivity contribution in [3.63, 3.8) is 0 Å². The Bertz CT molecular complexity index is 1050. The van der Waals surface area contributed by atoms with Gasteiger partial charge in [-0.2, -0.15) is 0 Å². The van der Waals surface area contributed by atoms with Crippen molar-refractivity contribution in [2.24, 2.45) is 0 Å². The number of hydrogen-bond donors (Lipinski definition) is 0. The zero-order chi connectivity index (χ0) is 24.9. The van der Waals surface area contributed by atoms with Crippen LogP contribution in [0.1, 0.15) is 81.1 Å². The highest BCUT2D eigenvalue weighted by atomic mass is 19.1. The van der Waals surface area contributed by atoms with Crippen LogP contribution in [0.25, 0.3) is 11.4 Å². The van der Waals surface area contributed by atoms with Crippen molar-refractivity contribution < 1.29 is 18.7 Å². The Morgan fingerprint density at radius 2 is 1.51 bits per heavy atom. The van der Waals surface area contributed by atoms with Crippen LogP contribution in [0.2, 0.25) is 0 Å². The fourth-order valence-corrected chi connectivity index (χ4v) is 3.73. The van der Waals surface area contributed by atoms with Crippen LogP contribution in [-0.4, -0.2) is 22.5 Å². The predicted octanol–water partition coefficient (Wildman–Crippen LogP) is 7.58. The fraction of sp³-hybridized carbons (Fsp3) is 0.414. The molecule has 0 N–H and O–H groups in total. The quantitative estimate of drug-likeness (QED) is 0.176. The van der Waals surface area contributed by atoms with Gasteiger partial charge in [0.05, 0.1) is 24.6 Å². The first-order valence-electron chi connectivity index (χ1n) is 12.7. The number of aryl methyl sites for hydroxylation is 1. The maximum atomic E-state index is 14.5. The van der Waals surface area contributed by atoms with Crippen LogP contribution in [0.4, 0.5) is 4.39 Å². The number of ether oxygens (including phenoxy) is 2. The van der Waals surface area contributed by atoms with E-state index in [4.69, 9.17) is 9.47 Å². The van der Waals surface area contributed by atoms with Gasteiger partial charge in [0.2, 0.25) is 0 Å². The molecule has 0 unspecified atom stereocenters. The molecule has 0 fully saturated rings. The lowest BCUT2D eigenvalue weighted by Gasteiger charge is -2.09. The number of carbonyl (C=O) groups is 1. The van der Waals surface area contributed by atoms with Crippen LogP contribution >= 0.6 is 0 Å². The summed E-state index contributed by atoms with van der Waals surface area (Å²) in [6.07, 6.45) is 13.1. The van der Waals surface area contributed by atoms with Gasteiger partial charge in [0.25, 0.3) is 0 Å². The van der Waals surface area contributed by atoms with Crippen molar-refractivity contribution in [1.29, 1.82) is 0 Å². The zero-order valence-electron chi connectivity index (χ0n) is 20.8. The molecule has 6 heteroatoms. The van der Waals surface area contributed by atoms with Crippen LogP contribution in [0.3, 0.4) is 0 Å². The SMILES string of the molecule is CCCCCCCOc1ccc(C(=O)Oc2cnc(-c3ccc(CCCCC)cc3)nc2)c(F)c1. The van der Waals surface area contributed by atoms with Crippen molar-refractivity contribution in [3.05, 3.63) is 71.8 Å². The molecule has 5 nitrogen and oxygen atoms in total. The highest BCUT2D eigenvalue weighted by Crippen LogP contribution is 2.21. The van der Waals surface area contributed by atoms with Gasteiger partial charge >= 0.3 is 5.97 Å².